The van der Waals surface area contributed by atoms with Crippen LogP contribution in [0.25, 0.3) is 0 Å². The molecule has 0 radical (unpaired) electrons. The molecule has 2 aromatic rings. The van der Waals surface area contributed by atoms with Gasteiger partial charge < -0.3 is 5.32 Å². The monoisotopic (exact) mass is 232 g/mol. The van der Waals surface area contributed by atoms with Crippen molar-refractivity contribution in [1.82, 2.24) is 4.98 Å². The number of hydrogen-bond acceptors (Lipinski definition) is 3. The number of amides is 1. The maximum atomic E-state index is 11.8. The zero-order chi connectivity index (χ0) is 11.4. The summed E-state index contributed by atoms with van der Waals surface area (Å²) in [5.74, 6) is -0.0941. The first-order valence-corrected chi connectivity index (χ1v) is 5.92. The Hall–Kier alpha value is -1.68. The largest absolute Gasteiger partial charge is 0.321 e. The van der Waals surface area contributed by atoms with Crippen LogP contribution in [0.2, 0.25) is 0 Å². The average molecular weight is 232 g/mol. The van der Waals surface area contributed by atoms with Crippen LogP contribution in [0.1, 0.15) is 21.6 Å². The van der Waals surface area contributed by atoms with Crippen LogP contribution in [-0.4, -0.2) is 10.9 Å². The molecule has 0 aliphatic carbocycles. The van der Waals surface area contributed by atoms with Crippen molar-refractivity contribution >= 4 is 22.9 Å². The van der Waals surface area contributed by atoms with Crippen LogP contribution in [0.15, 0.2) is 36.5 Å². The molecule has 0 saturated heterocycles. The summed E-state index contributed by atoms with van der Waals surface area (Å²) in [5, 5.41) is 3.81. The Bertz CT molecular complexity index is 479. The van der Waals surface area contributed by atoms with E-state index in [0.29, 0.717) is 4.88 Å². The molecular weight excluding hydrogens is 220 g/mol. The maximum absolute atomic E-state index is 11.8. The summed E-state index contributed by atoms with van der Waals surface area (Å²) >= 11 is 1.44. The van der Waals surface area contributed by atoms with Crippen LogP contribution in [0.5, 0.6) is 0 Å². The van der Waals surface area contributed by atoms with Gasteiger partial charge in [0.2, 0.25) is 0 Å². The first kappa shape index (κ1) is 10.8. The second-order valence-corrected chi connectivity index (χ2v) is 4.41. The number of nitrogens with one attached hydrogen (secondary N) is 1. The fourth-order valence-corrected chi connectivity index (χ4v) is 2.05. The topological polar surface area (TPSA) is 42.0 Å². The molecule has 1 N–H and O–H groups in total. The second-order valence-electron chi connectivity index (χ2n) is 3.29. The first-order chi connectivity index (χ1) is 7.79. The van der Waals surface area contributed by atoms with E-state index in [2.05, 4.69) is 10.3 Å². The number of aryl methyl sites for hydroxylation is 1. The molecule has 0 aliphatic heterocycles. The molecule has 0 aliphatic rings. The quantitative estimate of drug-likeness (QED) is 0.884. The van der Waals surface area contributed by atoms with E-state index in [1.54, 1.807) is 6.20 Å². The lowest BCUT2D eigenvalue weighted by Crippen LogP contribution is -2.09. The predicted molar refractivity (Wildman–Crippen MR) is 65.9 cm³/mol. The summed E-state index contributed by atoms with van der Waals surface area (Å²) in [7, 11) is 0. The van der Waals surface area contributed by atoms with E-state index in [-0.39, 0.29) is 5.91 Å². The second kappa shape index (κ2) is 4.90. The molecule has 0 atom stereocenters. The van der Waals surface area contributed by atoms with Crippen LogP contribution < -0.4 is 5.32 Å². The summed E-state index contributed by atoms with van der Waals surface area (Å²) < 4.78 is 0. The molecular formula is C12H12N2OS. The van der Waals surface area contributed by atoms with E-state index >= 15 is 0 Å². The minimum atomic E-state index is -0.0941. The minimum absolute atomic E-state index is 0.0941. The lowest BCUT2D eigenvalue weighted by Gasteiger charge is -2.01. The highest BCUT2D eigenvalue weighted by Crippen LogP contribution is 2.15. The number of para-hydroxylation sites is 1. The SMILES string of the molecule is CCc1ncc(C(=O)Nc2ccccc2)s1. The Balaban J connectivity index is 2.09. The summed E-state index contributed by atoms with van der Waals surface area (Å²) in [6, 6.07) is 9.41. The molecule has 2 rings (SSSR count). The molecule has 0 spiro atoms. The van der Waals surface area contributed by atoms with Crippen LogP contribution in [0, 0.1) is 0 Å². The lowest BCUT2D eigenvalue weighted by atomic mass is 10.3. The van der Waals surface area contributed by atoms with Gasteiger partial charge in [-0.05, 0) is 18.6 Å². The summed E-state index contributed by atoms with van der Waals surface area (Å²) in [5.41, 5.74) is 0.805. The number of carbonyl (C=O) groups excluding carboxylic acids is 1. The maximum Gasteiger partial charge on any atom is 0.267 e. The fourth-order valence-electron chi connectivity index (χ4n) is 1.29. The summed E-state index contributed by atoms with van der Waals surface area (Å²) in [6.07, 6.45) is 2.49. The van der Waals surface area contributed by atoms with E-state index in [4.69, 9.17) is 0 Å². The zero-order valence-corrected chi connectivity index (χ0v) is 9.75. The van der Waals surface area contributed by atoms with Gasteiger partial charge in [-0.25, -0.2) is 4.98 Å². The Morgan fingerprint density at radius 3 is 2.75 bits per heavy atom. The van der Waals surface area contributed by atoms with Crippen molar-refractivity contribution in [2.75, 3.05) is 5.32 Å². The number of carbonyl (C=O) groups is 1. The molecule has 82 valence electrons. The van der Waals surface area contributed by atoms with Crippen LogP contribution in [-0.2, 0) is 6.42 Å². The van der Waals surface area contributed by atoms with E-state index in [9.17, 15) is 4.79 Å². The molecule has 0 fully saturated rings. The molecule has 0 unspecified atom stereocenters. The zero-order valence-electron chi connectivity index (χ0n) is 8.93. The minimum Gasteiger partial charge on any atom is -0.321 e. The fraction of sp³-hybridized carbons (Fsp3) is 0.167. The summed E-state index contributed by atoms with van der Waals surface area (Å²) in [6.45, 7) is 2.03. The molecule has 0 bridgehead atoms. The molecule has 16 heavy (non-hydrogen) atoms. The number of thiazole rings is 1. The van der Waals surface area contributed by atoms with Gasteiger partial charge in [-0.15, -0.1) is 11.3 Å². The molecule has 3 nitrogen and oxygen atoms in total. The molecule has 1 aromatic heterocycles. The number of hydrogen-bond donors (Lipinski definition) is 1. The highest BCUT2D eigenvalue weighted by atomic mass is 32.1. The van der Waals surface area contributed by atoms with Gasteiger partial charge in [0, 0.05) is 5.69 Å². The third-order valence-electron chi connectivity index (χ3n) is 2.11. The highest BCUT2D eigenvalue weighted by Gasteiger charge is 2.09. The van der Waals surface area contributed by atoms with Gasteiger partial charge in [0.05, 0.1) is 11.2 Å². The number of nitrogens with zero attached hydrogens (tertiary/aromatic N) is 1. The summed E-state index contributed by atoms with van der Waals surface area (Å²) in [4.78, 5) is 16.6. The number of aromatic nitrogens is 1. The smallest absolute Gasteiger partial charge is 0.267 e. The van der Waals surface area contributed by atoms with Crippen molar-refractivity contribution < 1.29 is 4.79 Å². The predicted octanol–water partition coefficient (Wildman–Crippen LogP) is 2.96. The third kappa shape index (κ3) is 2.46. The molecule has 1 heterocycles. The van der Waals surface area contributed by atoms with E-state index in [1.807, 2.05) is 37.3 Å². The lowest BCUT2D eigenvalue weighted by molar-refractivity contribution is 0.103. The van der Waals surface area contributed by atoms with Gasteiger partial charge >= 0.3 is 0 Å². The van der Waals surface area contributed by atoms with Gasteiger partial charge in [-0.1, -0.05) is 25.1 Å². The Labute approximate surface area is 98.2 Å². The van der Waals surface area contributed by atoms with Crippen LogP contribution >= 0.6 is 11.3 Å². The van der Waals surface area contributed by atoms with Crippen LogP contribution in [0.3, 0.4) is 0 Å². The van der Waals surface area contributed by atoms with Crippen molar-refractivity contribution in [2.45, 2.75) is 13.3 Å². The first-order valence-electron chi connectivity index (χ1n) is 5.10. The van der Waals surface area contributed by atoms with Crippen molar-refractivity contribution in [3.05, 3.63) is 46.4 Å². The van der Waals surface area contributed by atoms with Crippen molar-refractivity contribution in [2.24, 2.45) is 0 Å². The van der Waals surface area contributed by atoms with Gasteiger partial charge in [0.15, 0.2) is 0 Å². The number of rotatable bonds is 3. The number of anilines is 1. The highest BCUT2D eigenvalue weighted by molar-refractivity contribution is 7.13. The normalized spacial score (nSPS) is 10.1. The van der Waals surface area contributed by atoms with Gasteiger partial charge in [0.25, 0.3) is 5.91 Å². The average Bonchev–Trinajstić information content (AvgIpc) is 2.79. The van der Waals surface area contributed by atoms with E-state index in [1.165, 1.54) is 11.3 Å². The van der Waals surface area contributed by atoms with Crippen molar-refractivity contribution in [3.8, 4) is 0 Å². The standard InChI is InChI=1S/C12H12N2OS/c1-2-11-13-8-10(16-11)12(15)14-9-6-4-3-5-7-9/h3-8H,2H2,1H3,(H,14,15). The molecule has 0 saturated carbocycles. The van der Waals surface area contributed by atoms with Crippen molar-refractivity contribution in [1.29, 1.82) is 0 Å². The Kier molecular flexibility index (Phi) is 3.31. The van der Waals surface area contributed by atoms with E-state index < -0.39 is 0 Å². The van der Waals surface area contributed by atoms with Crippen molar-refractivity contribution in [3.63, 3.8) is 0 Å². The molecule has 1 amide bonds. The van der Waals surface area contributed by atoms with Gasteiger partial charge in [-0.2, -0.15) is 0 Å². The molecule has 1 aromatic carbocycles. The van der Waals surface area contributed by atoms with E-state index in [0.717, 1.165) is 17.1 Å². The Morgan fingerprint density at radius 2 is 2.12 bits per heavy atom. The third-order valence-corrected chi connectivity index (χ3v) is 3.25. The molecule has 4 heteroatoms. The van der Waals surface area contributed by atoms with Gasteiger partial charge in [0.1, 0.15) is 4.88 Å². The van der Waals surface area contributed by atoms with Crippen LogP contribution in [0.4, 0.5) is 5.69 Å². The number of benzene rings is 1. The van der Waals surface area contributed by atoms with Gasteiger partial charge in [-0.3, -0.25) is 4.79 Å². The Morgan fingerprint density at radius 1 is 1.38 bits per heavy atom.